The molecule has 1 heterocycles. The van der Waals surface area contributed by atoms with E-state index in [2.05, 4.69) is 33.0 Å². The van der Waals surface area contributed by atoms with E-state index in [1.54, 1.807) is 0 Å². The maximum Gasteiger partial charge on any atom is 0.0731 e. The van der Waals surface area contributed by atoms with Crippen LogP contribution in [0.4, 0.5) is 5.69 Å². The molecule has 104 valence electrons. The van der Waals surface area contributed by atoms with Gasteiger partial charge in [0.1, 0.15) is 0 Å². The highest BCUT2D eigenvalue weighted by Crippen LogP contribution is 2.30. The van der Waals surface area contributed by atoms with Crippen molar-refractivity contribution in [3.8, 4) is 0 Å². The predicted octanol–water partition coefficient (Wildman–Crippen LogP) is 3.17. The van der Waals surface area contributed by atoms with Crippen LogP contribution in [0.25, 0.3) is 0 Å². The second-order valence-electron chi connectivity index (χ2n) is 5.62. The molecular formula is C15H21BrN2O. The van der Waals surface area contributed by atoms with Gasteiger partial charge in [-0.1, -0.05) is 28.8 Å². The van der Waals surface area contributed by atoms with Gasteiger partial charge in [0, 0.05) is 29.3 Å². The van der Waals surface area contributed by atoms with Crippen LogP contribution in [0.2, 0.25) is 0 Å². The first-order valence-electron chi connectivity index (χ1n) is 7.13. The minimum absolute atomic E-state index is 0.451. The van der Waals surface area contributed by atoms with Crippen LogP contribution in [0, 0.1) is 0 Å². The van der Waals surface area contributed by atoms with Crippen LogP contribution in [-0.4, -0.2) is 30.2 Å². The topological polar surface area (TPSA) is 38.5 Å². The number of nitrogen functional groups attached to an aromatic ring is 1. The summed E-state index contributed by atoms with van der Waals surface area (Å²) in [5.41, 5.74) is 8.04. The molecule has 1 saturated heterocycles. The number of rotatable bonds is 2. The number of halogens is 1. The van der Waals surface area contributed by atoms with Gasteiger partial charge in [-0.25, -0.2) is 0 Å². The van der Waals surface area contributed by atoms with Gasteiger partial charge in [-0.3, -0.25) is 4.90 Å². The van der Waals surface area contributed by atoms with Gasteiger partial charge in [-0.15, -0.1) is 0 Å². The largest absolute Gasteiger partial charge is 0.399 e. The Hall–Kier alpha value is -0.580. The summed E-state index contributed by atoms with van der Waals surface area (Å²) >= 11 is 3.52. The van der Waals surface area contributed by atoms with Gasteiger partial charge in [0.25, 0.3) is 0 Å². The summed E-state index contributed by atoms with van der Waals surface area (Å²) in [5.74, 6) is 0. The lowest BCUT2D eigenvalue weighted by Gasteiger charge is -2.43. The van der Waals surface area contributed by atoms with E-state index < -0.39 is 0 Å². The molecule has 0 bridgehead atoms. The number of ether oxygens (including phenoxy) is 1. The molecule has 0 aromatic heterocycles. The van der Waals surface area contributed by atoms with E-state index in [-0.39, 0.29) is 0 Å². The monoisotopic (exact) mass is 324 g/mol. The average molecular weight is 325 g/mol. The first-order chi connectivity index (χ1) is 9.22. The molecule has 0 amide bonds. The molecule has 0 radical (unpaired) electrons. The van der Waals surface area contributed by atoms with Crippen molar-refractivity contribution in [2.24, 2.45) is 0 Å². The van der Waals surface area contributed by atoms with Crippen molar-refractivity contribution in [2.45, 2.75) is 44.4 Å². The Morgan fingerprint density at radius 3 is 2.95 bits per heavy atom. The Bertz CT molecular complexity index is 430. The Kier molecular flexibility index (Phi) is 4.10. The third-order valence-electron chi connectivity index (χ3n) is 4.21. The van der Waals surface area contributed by atoms with Gasteiger partial charge >= 0.3 is 0 Å². The Morgan fingerprint density at radius 1 is 1.26 bits per heavy atom. The van der Waals surface area contributed by atoms with Gasteiger partial charge in [0.15, 0.2) is 0 Å². The van der Waals surface area contributed by atoms with Crippen LogP contribution in [0.3, 0.4) is 0 Å². The fourth-order valence-electron chi connectivity index (χ4n) is 3.37. The van der Waals surface area contributed by atoms with Crippen LogP contribution in [0.1, 0.15) is 31.2 Å². The molecule has 0 spiro atoms. The number of anilines is 1. The van der Waals surface area contributed by atoms with E-state index in [0.717, 1.165) is 29.9 Å². The zero-order chi connectivity index (χ0) is 13.2. The summed E-state index contributed by atoms with van der Waals surface area (Å²) < 4.78 is 6.99. The minimum atomic E-state index is 0.451. The summed E-state index contributed by atoms with van der Waals surface area (Å²) in [6, 6.07) is 6.80. The highest BCUT2D eigenvalue weighted by atomic mass is 79.9. The Balaban J connectivity index is 1.74. The molecule has 1 aromatic carbocycles. The molecule has 2 atom stereocenters. The number of nitrogens with two attached hydrogens (primary N) is 1. The average Bonchev–Trinajstić information content (AvgIpc) is 2.38. The van der Waals surface area contributed by atoms with E-state index in [0.29, 0.717) is 12.1 Å². The number of nitrogens with zero attached hydrogens (tertiary/aromatic N) is 1. The van der Waals surface area contributed by atoms with Gasteiger partial charge in [0.2, 0.25) is 0 Å². The molecule has 4 heteroatoms. The summed E-state index contributed by atoms with van der Waals surface area (Å²) in [6.07, 6.45) is 5.60. The number of morpholine rings is 1. The lowest BCUT2D eigenvalue weighted by molar-refractivity contribution is -0.0911. The second-order valence-corrected chi connectivity index (χ2v) is 6.54. The van der Waals surface area contributed by atoms with Crippen molar-refractivity contribution in [3.63, 3.8) is 0 Å². The van der Waals surface area contributed by atoms with Crippen LogP contribution in [0.15, 0.2) is 22.7 Å². The molecule has 1 aliphatic heterocycles. The fraction of sp³-hybridized carbons (Fsp3) is 0.600. The van der Waals surface area contributed by atoms with Crippen molar-refractivity contribution >= 4 is 21.6 Å². The van der Waals surface area contributed by atoms with Crippen LogP contribution < -0.4 is 5.73 Å². The summed E-state index contributed by atoms with van der Waals surface area (Å²) in [4.78, 5) is 2.58. The molecule has 3 rings (SSSR count). The lowest BCUT2D eigenvalue weighted by atomic mass is 9.90. The van der Waals surface area contributed by atoms with Crippen LogP contribution in [-0.2, 0) is 11.3 Å². The number of hydrogen-bond acceptors (Lipinski definition) is 3. The number of fused-ring (bicyclic) bond motifs is 1. The minimum Gasteiger partial charge on any atom is -0.399 e. The van der Waals surface area contributed by atoms with E-state index >= 15 is 0 Å². The van der Waals surface area contributed by atoms with Crippen molar-refractivity contribution in [2.75, 3.05) is 18.9 Å². The smallest absolute Gasteiger partial charge is 0.0731 e. The van der Waals surface area contributed by atoms with E-state index in [1.165, 1.54) is 31.2 Å². The maximum atomic E-state index is 5.92. The van der Waals surface area contributed by atoms with Crippen LogP contribution in [0.5, 0.6) is 0 Å². The molecule has 19 heavy (non-hydrogen) atoms. The van der Waals surface area contributed by atoms with E-state index in [9.17, 15) is 0 Å². The van der Waals surface area contributed by atoms with E-state index in [1.807, 2.05) is 6.07 Å². The molecule has 1 aromatic rings. The molecule has 2 N–H and O–H groups in total. The Labute approximate surface area is 123 Å². The Morgan fingerprint density at radius 2 is 2.11 bits per heavy atom. The summed E-state index contributed by atoms with van der Waals surface area (Å²) in [6.45, 7) is 2.88. The maximum absolute atomic E-state index is 5.92. The molecule has 1 aliphatic carbocycles. The summed E-state index contributed by atoms with van der Waals surface area (Å²) in [7, 11) is 0. The van der Waals surface area contributed by atoms with Crippen molar-refractivity contribution < 1.29 is 4.74 Å². The number of hydrogen-bond donors (Lipinski definition) is 1. The third-order valence-corrected chi connectivity index (χ3v) is 4.67. The second kappa shape index (κ2) is 5.81. The predicted molar refractivity (Wildman–Crippen MR) is 81.0 cm³/mol. The van der Waals surface area contributed by atoms with E-state index in [4.69, 9.17) is 10.5 Å². The standard InChI is InChI=1S/C15H21BrN2O/c16-12-7-11(8-13(17)9-12)10-18-5-6-19-15-4-2-1-3-14(15)18/h7-9,14-15H,1-6,10,17H2. The molecule has 2 aliphatic rings. The highest BCUT2D eigenvalue weighted by Gasteiger charge is 2.33. The lowest BCUT2D eigenvalue weighted by Crippen LogP contribution is -2.52. The molecule has 2 fully saturated rings. The zero-order valence-corrected chi connectivity index (χ0v) is 12.7. The van der Waals surface area contributed by atoms with Gasteiger partial charge < -0.3 is 10.5 Å². The van der Waals surface area contributed by atoms with Crippen molar-refractivity contribution in [3.05, 3.63) is 28.2 Å². The first kappa shape index (κ1) is 13.4. The summed E-state index contributed by atoms with van der Waals surface area (Å²) in [5, 5.41) is 0. The van der Waals surface area contributed by atoms with Gasteiger partial charge in [-0.2, -0.15) is 0 Å². The van der Waals surface area contributed by atoms with Crippen LogP contribution >= 0.6 is 15.9 Å². The zero-order valence-electron chi connectivity index (χ0n) is 11.1. The van der Waals surface area contributed by atoms with Gasteiger partial charge in [0.05, 0.1) is 12.7 Å². The molecule has 1 saturated carbocycles. The van der Waals surface area contributed by atoms with Crippen molar-refractivity contribution in [1.29, 1.82) is 0 Å². The molecular weight excluding hydrogens is 304 g/mol. The normalized spacial score (nSPS) is 28.1. The van der Waals surface area contributed by atoms with Crippen molar-refractivity contribution in [1.82, 2.24) is 4.90 Å². The fourth-order valence-corrected chi connectivity index (χ4v) is 3.93. The first-order valence-corrected chi connectivity index (χ1v) is 7.92. The molecule has 2 unspecified atom stereocenters. The highest BCUT2D eigenvalue weighted by molar-refractivity contribution is 9.10. The SMILES string of the molecule is Nc1cc(Br)cc(CN2CCOC3CCCCC32)c1. The quantitative estimate of drug-likeness (QED) is 0.849. The van der Waals surface area contributed by atoms with Gasteiger partial charge in [-0.05, 0) is 36.6 Å². The number of benzene rings is 1. The third kappa shape index (κ3) is 3.12. The molecule has 3 nitrogen and oxygen atoms in total.